The van der Waals surface area contributed by atoms with Crippen molar-refractivity contribution in [3.63, 3.8) is 0 Å². The number of carboxylic acids is 1. The van der Waals surface area contributed by atoms with E-state index in [1.807, 2.05) is 25.1 Å². The smallest absolute Gasteiger partial charge is 0.345 e. The summed E-state index contributed by atoms with van der Waals surface area (Å²) in [5.41, 5.74) is 3.70. The predicted octanol–water partition coefficient (Wildman–Crippen LogP) is 4.25. The summed E-state index contributed by atoms with van der Waals surface area (Å²) in [4.78, 5) is 32.0. The van der Waals surface area contributed by atoms with Crippen LogP contribution in [0.25, 0.3) is 17.1 Å². The molecule has 2 aromatic heterocycles. The third kappa shape index (κ3) is 4.32. The number of rotatable bonds is 7. The summed E-state index contributed by atoms with van der Waals surface area (Å²) in [6.45, 7) is 2.73. The predicted molar refractivity (Wildman–Crippen MR) is 129 cm³/mol. The van der Waals surface area contributed by atoms with Crippen LogP contribution in [0.5, 0.6) is 0 Å². The first-order chi connectivity index (χ1) is 16.5. The molecule has 1 saturated carbocycles. The summed E-state index contributed by atoms with van der Waals surface area (Å²) in [5, 5.41) is 17.1. The van der Waals surface area contributed by atoms with Crippen molar-refractivity contribution >= 4 is 34.5 Å². The largest absolute Gasteiger partial charge is 0.477 e. The Labute approximate surface area is 196 Å². The van der Waals surface area contributed by atoms with Gasteiger partial charge in [-0.2, -0.15) is 0 Å². The van der Waals surface area contributed by atoms with Crippen molar-refractivity contribution in [1.29, 1.82) is 0 Å². The number of aryl methyl sites for hydroxylation is 1. The van der Waals surface area contributed by atoms with Crippen LogP contribution in [-0.2, 0) is 20.9 Å². The third-order valence-corrected chi connectivity index (χ3v) is 6.36. The van der Waals surface area contributed by atoms with Crippen molar-refractivity contribution in [2.45, 2.75) is 45.2 Å². The van der Waals surface area contributed by atoms with Gasteiger partial charge in [0.15, 0.2) is 11.3 Å². The molecule has 1 aliphatic heterocycles. The number of nitrogens with one attached hydrogen (secondary N) is 3. The van der Waals surface area contributed by atoms with E-state index in [9.17, 15) is 14.7 Å². The minimum Gasteiger partial charge on any atom is -0.477 e. The minimum absolute atomic E-state index is 0.0558. The van der Waals surface area contributed by atoms with Crippen molar-refractivity contribution in [2.24, 2.45) is 0 Å². The first kappa shape index (κ1) is 21.9. The Morgan fingerprint density at radius 3 is 2.88 bits per heavy atom. The summed E-state index contributed by atoms with van der Waals surface area (Å²) in [5.74, 6) is -2.16. The van der Waals surface area contributed by atoms with Crippen LogP contribution in [0.3, 0.4) is 0 Å². The molecule has 0 amide bonds. The number of aliphatic carboxylic acids is 1. The number of ether oxygens (including phenoxy) is 1. The lowest BCUT2D eigenvalue weighted by Gasteiger charge is -2.14. The number of ketones is 1. The van der Waals surface area contributed by atoms with E-state index < -0.39 is 17.3 Å². The van der Waals surface area contributed by atoms with Crippen molar-refractivity contribution in [3.05, 3.63) is 76.6 Å². The number of allylic oxidation sites excluding steroid dienone is 1. The zero-order valence-corrected chi connectivity index (χ0v) is 18.9. The van der Waals surface area contributed by atoms with E-state index in [2.05, 4.69) is 26.7 Å². The zero-order valence-electron chi connectivity index (χ0n) is 18.9. The van der Waals surface area contributed by atoms with Gasteiger partial charge >= 0.3 is 5.97 Å². The van der Waals surface area contributed by atoms with Gasteiger partial charge in [-0.1, -0.05) is 25.0 Å². The van der Waals surface area contributed by atoms with E-state index in [1.165, 1.54) is 31.8 Å². The molecule has 2 aliphatic rings. The van der Waals surface area contributed by atoms with E-state index >= 15 is 0 Å². The number of hydrogen-bond donors (Lipinski definition) is 4. The third-order valence-electron chi connectivity index (χ3n) is 6.36. The number of fused-ring (bicyclic) bond motifs is 1. The number of benzene rings is 1. The first-order valence-corrected chi connectivity index (χ1v) is 11.4. The molecule has 1 fully saturated rings. The maximum Gasteiger partial charge on any atom is 0.345 e. The molecular weight excluding hydrogens is 432 g/mol. The standard InChI is InChI=1S/C26H26N4O4/c1-15-11-16(13-28-18-5-2-3-6-18)8-9-20(15)30-25-22(26(32)33)23(31)21(34-25)12-17-14-29-24-19(17)7-4-10-27-24/h4,7-12,14,18,28,30H,2-3,5-6,13H2,1H3,(H,27,29)(H,32,33). The van der Waals surface area contributed by atoms with Crippen molar-refractivity contribution in [2.75, 3.05) is 5.32 Å². The molecule has 3 heterocycles. The maximum atomic E-state index is 12.9. The van der Waals surface area contributed by atoms with E-state index in [1.54, 1.807) is 18.5 Å². The monoisotopic (exact) mass is 458 g/mol. The number of Topliss-reactive ketones (excluding diaryl/α,β-unsaturated/α-hetero) is 1. The van der Waals surface area contributed by atoms with Crippen LogP contribution in [-0.4, -0.2) is 32.9 Å². The van der Waals surface area contributed by atoms with Crippen LogP contribution in [0.4, 0.5) is 5.69 Å². The Morgan fingerprint density at radius 2 is 2.12 bits per heavy atom. The molecule has 174 valence electrons. The van der Waals surface area contributed by atoms with E-state index in [0.29, 0.717) is 22.9 Å². The molecule has 0 atom stereocenters. The van der Waals surface area contributed by atoms with Gasteiger partial charge in [0.25, 0.3) is 0 Å². The number of H-pyrrole nitrogens is 1. The van der Waals surface area contributed by atoms with E-state index in [0.717, 1.165) is 23.1 Å². The van der Waals surface area contributed by atoms with Crippen LogP contribution in [0, 0.1) is 6.92 Å². The number of carboxylic acid groups (broad SMARTS) is 1. The highest BCUT2D eigenvalue weighted by Gasteiger charge is 2.36. The van der Waals surface area contributed by atoms with Gasteiger partial charge in [0, 0.05) is 41.6 Å². The molecule has 4 N–H and O–H groups in total. The molecule has 8 heteroatoms. The van der Waals surface area contributed by atoms with Gasteiger partial charge in [-0.15, -0.1) is 0 Å². The summed E-state index contributed by atoms with van der Waals surface area (Å²) >= 11 is 0. The van der Waals surface area contributed by atoms with Crippen molar-refractivity contribution in [1.82, 2.24) is 15.3 Å². The molecule has 0 bridgehead atoms. The second-order valence-corrected chi connectivity index (χ2v) is 8.73. The Balaban J connectivity index is 1.36. The van der Waals surface area contributed by atoms with Gasteiger partial charge < -0.3 is 25.5 Å². The molecule has 0 spiro atoms. The lowest BCUT2D eigenvalue weighted by atomic mass is 10.1. The van der Waals surface area contributed by atoms with Crippen LogP contribution in [0.1, 0.15) is 42.4 Å². The molecule has 1 aliphatic carbocycles. The Morgan fingerprint density at radius 1 is 1.29 bits per heavy atom. The highest BCUT2D eigenvalue weighted by Crippen LogP contribution is 2.30. The number of carbonyl (C=O) groups is 2. The maximum absolute atomic E-state index is 12.9. The van der Waals surface area contributed by atoms with Crippen LogP contribution >= 0.6 is 0 Å². The summed E-state index contributed by atoms with van der Waals surface area (Å²) in [6, 6.07) is 10.2. The molecule has 1 aromatic carbocycles. The van der Waals surface area contributed by atoms with Gasteiger partial charge in [-0.3, -0.25) is 4.79 Å². The van der Waals surface area contributed by atoms with Gasteiger partial charge in [0.05, 0.1) is 0 Å². The summed E-state index contributed by atoms with van der Waals surface area (Å²) in [7, 11) is 0. The van der Waals surface area contributed by atoms with Gasteiger partial charge in [-0.25, -0.2) is 9.78 Å². The van der Waals surface area contributed by atoms with Crippen LogP contribution < -0.4 is 10.6 Å². The number of aromatic amines is 1. The minimum atomic E-state index is -1.34. The van der Waals surface area contributed by atoms with Crippen LogP contribution in [0.2, 0.25) is 0 Å². The SMILES string of the molecule is Cc1cc(CNC2CCCC2)ccc1NC1=C(C(=O)O)C(=O)C(=Cc2c[nH]c3ncccc23)O1. The fourth-order valence-electron chi connectivity index (χ4n) is 4.54. The van der Waals surface area contributed by atoms with E-state index in [4.69, 9.17) is 4.74 Å². The lowest BCUT2D eigenvalue weighted by Crippen LogP contribution is -2.25. The van der Waals surface area contributed by atoms with Gasteiger partial charge in [0.2, 0.25) is 11.7 Å². The zero-order chi connectivity index (χ0) is 23.7. The second-order valence-electron chi connectivity index (χ2n) is 8.73. The number of pyridine rings is 1. The number of carbonyl (C=O) groups excluding carboxylic acids is 1. The molecule has 3 aromatic rings. The molecule has 5 rings (SSSR count). The second kappa shape index (κ2) is 9.15. The molecule has 34 heavy (non-hydrogen) atoms. The average Bonchev–Trinajstić information content (AvgIpc) is 3.55. The highest BCUT2D eigenvalue weighted by molar-refractivity contribution is 6.26. The Hall–Kier alpha value is -3.91. The highest BCUT2D eigenvalue weighted by atomic mass is 16.5. The Kier molecular flexibility index (Phi) is 5.90. The normalized spacial score (nSPS) is 17.7. The number of aromatic nitrogens is 2. The van der Waals surface area contributed by atoms with Gasteiger partial charge in [0.1, 0.15) is 5.65 Å². The molecule has 8 nitrogen and oxygen atoms in total. The fraction of sp³-hybridized carbons (Fsp3) is 0.269. The quantitative estimate of drug-likeness (QED) is 0.309. The van der Waals surface area contributed by atoms with Crippen molar-refractivity contribution in [3.8, 4) is 0 Å². The average molecular weight is 459 g/mol. The molecule has 0 unspecified atom stereocenters. The van der Waals surface area contributed by atoms with E-state index in [-0.39, 0.29) is 11.6 Å². The molecule has 0 saturated heterocycles. The van der Waals surface area contributed by atoms with Gasteiger partial charge in [-0.05, 0) is 55.2 Å². The molecular formula is C26H26N4O4. The Bertz CT molecular complexity index is 1330. The number of nitrogens with zero attached hydrogens (tertiary/aromatic N) is 1. The summed E-state index contributed by atoms with van der Waals surface area (Å²) in [6.07, 6.45) is 9.92. The summed E-state index contributed by atoms with van der Waals surface area (Å²) < 4.78 is 5.73. The van der Waals surface area contributed by atoms with Crippen molar-refractivity contribution < 1.29 is 19.4 Å². The van der Waals surface area contributed by atoms with Crippen LogP contribution in [0.15, 0.2) is 59.9 Å². The fourth-order valence-corrected chi connectivity index (χ4v) is 4.54. The molecule has 0 radical (unpaired) electrons. The lowest BCUT2D eigenvalue weighted by molar-refractivity contribution is -0.134. The first-order valence-electron chi connectivity index (χ1n) is 11.4. The number of hydrogen-bond acceptors (Lipinski definition) is 6. The number of anilines is 1. The topological polar surface area (TPSA) is 116 Å².